The van der Waals surface area contributed by atoms with Gasteiger partial charge in [0.25, 0.3) is 0 Å². The molecule has 2 nitrogen and oxygen atoms in total. The van der Waals surface area contributed by atoms with Crippen LogP contribution >= 0.6 is 0 Å². The van der Waals surface area contributed by atoms with Gasteiger partial charge in [0.05, 0.1) is 11.3 Å². The van der Waals surface area contributed by atoms with Crippen LogP contribution < -0.4 is 0 Å². The Morgan fingerprint density at radius 1 is 0.574 bits per heavy atom. The summed E-state index contributed by atoms with van der Waals surface area (Å²) in [5.41, 5.74) is -1.44. The van der Waals surface area contributed by atoms with E-state index < -0.39 is 64.1 Å². The van der Waals surface area contributed by atoms with Gasteiger partial charge >= 0.3 is 41.7 Å². The van der Waals surface area contributed by atoms with Crippen molar-refractivity contribution in [2.24, 2.45) is 0 Å². The molecule has 0 spiro atoms. The fourth-order valence-corrected chi connectivity index (χ4v) is 4.82. The molecule has 3 aromatic carbocycles. The predicted octanol–water partition coefficient (Wildman–Crippen LogP) is 10.2. The maximum atomic E-state index is 15.4. The number of halogens is 15. The summed E-state index contributed by atoms with van der Waals surface area (Å²) in [7, 11) is 0. The van der Waals surface area contributed by atoms with Crippen LogP contribution in [0.1, 0.15) is 21.5 Å². The fourth-order valence-electron chi connectivity index (χ4n) is 4.82. The van der Waals surface area contributed by atoms with Gasteiger partial charge in [0, 0.05) is 17.4 Å². The van der Waals surface area contributed by atoms with E-state index in [9.17, 15) is 61.9 Å². The molecule has 4 aromatic rings. The Morgan fingerprint density at radius 3 is 1.60 bits per heavy atom. The average Bonchev–Trinajstić information content (AvgIpc) is 3.31. The monoisotopic (exact) mass is 693 g/mol. The summed E-state index contributed by atoms with van der Waals surface area (Å²) in [5, 5.41) is -0.635. The quantitative estimate of drug-likeness (QED) is 0.120. The van der Waals surface area contributed by atoms with Gasteiger partial charge in [-0.1, -0.05) is 72.8 Å². The molecule has 0 saturated carbocycles. The minimum absolute atomic E-state index is 0.162. The SMILES string of the molecule is Cc1ccccc1Cn1c(-c2ccccc2)c(C(=O)C(F)(F)C(F)(F)C(F)(F)C(F)(F)C(F)(F)C(F)(F)C(F)(F)F)c2ccccc21. The van der Waals surface area contributed by atoms with Crippen molar-refractivity contribution in [3.63, 3.8) is 0 Å². The first kappa shape index (κ1) is 35.7. The zero-order valence-electron chi connectivity index (χ0n) is 23.2. The van der Waals surface area contributed by atoms with Crippen molar-refractivity contribution in [1.82, 2.24) is 4.57 Å². The van der Waals surface area contributed by atoms with E-state index in [1.54, 1.807) is 31.2 Å². The number of hydrogen-bond donors (Lipinski definition) is 0. The van der Waals surface area contributed by atoms with E-state index in [4.69, 9.17) is 0 Å². The summed E-state index contributed by atoms with van der Waals surface area (Å²) in [5.74, 6) is -51.9. The van der Waals surface area contributed by atoms with Crippen LogP contribution in [0.3, 0.4) is 0 Å². The number of alkyl halides is 15. The molecule has 0 fully saturated rings. The number of rotatable bonds is 10. The van der Waals surface area contributed by atoms with Gasteiger partial charge in [-0.05, 0) is 29.7 Å². The minimum atomic E-state index is -8.51. The molecule has 0 aliphatic heterocycles. The van der Waals surface area contributed by atoms with Crippen molar-refractivity contribution in [2.45, 2.75) is 55.2 Å². The van der Waals surface area contributed by atoms with Crippen molar-refractivity contribution in [3.8, 4) is 11.3 Å². The third kappa shape index (κ3) is 5.12. The number of Topliss-reactive ketones (excluding diaryl/α,β-unsaturated/α-hetero) is 1. The second-order valence-corrected chi connectivity index (χ2v) is 10.4. The molecule has 0 aliphatic rings. The fraction of sp³-hybridized carbons (Fsp3) is 0.300. The number of aryl methyl sites for hydroxylation is 1. The average molecular weight is 693 g/mol. The Balaban J connectivity index is 1.97. The number of aromatic nitrogens is 1. The van der Waals surface area contributed by atoms with Crippen LogP contribution in [0.2, 0.25) is 0 Å². The maximum absolute atomic E-state index is 15.4. The Labute approximate surface area is 254 Å². The lowest BCUT2D eigenvalue weighted by Gasteiger charge is -2.41. The van der Waals surface area contributed by atoms with Gasteiger partial charge in [0.1, 0.15) is 0 Å². The highest BCUT2D eigenvalue weighted by atomic mass is 19.4. The Kier molecular flexibility index (Phi) is 8.51. The lowest BCUT2D eigenvalue weighted by Crippen LogP contribution is -2.73. The number of hydrogen-bond acceptors (Lipinski definition) is 1. The molecule has 0 aliphatic carbocycles. The van der Waals surface area contributed by atoms with E-state index in [1.165, 1.54) is 30.3 Å². The van der Waals surface area contributed by atoms with Gasteiger partial charge in [-0.15, -0.1) is 0 Å². The third-order valence-electron chi connectivity index (χ3n) is 7.45. The molecule has 1 aromatic heterocycles. The van der Waals surface area contributed by atoms with Crippen molar-refractivity contribution >= 4 is 16.7 Å². The topological polar surface area (TPSA) is 22.0 Å². The number of benzene rings is 3. The molecule has 0 unspecified atom stereocenters. The van der Waals surface area contributed by atoms with Crippen LogP contribution in [-0.2, 0) is 6.54 Å². The normalized spacial score (nSPS) is 14.1. The molecular weight excluding hydrogens is 675 g/mol. The van der Waals surface area contributed by atoms with E-state index in [1.807, 2.05) is 0 Å². The molecular formula is C30H18F15NO. The predicted molar refractivity (Wildman–Crippen MR) is 138 cm³/mol. The van der Waals surface area contributed by atoms with Crippen molar-refractivity contribution < 1.29 is 70.7 Å². The summed E-state index contributed by atoms with van der Waals surface area (Å²) in [6.07, 6.45) is -7.73. The van der Waals surface area contributed by atoms with Crippen molar-refractivity contribution in [1.29, 1.82) is 0 Å². The van der Waals surface area contributed by atoms with Crippen LogP contribution in [0.4, 0.5) is 65.9 Å². The molecule has 1 heterocycles. The Morgan fingerprint density at radius 2 is 1.04 bits per heavy atom. The van der Waals surface area contributed by atoms with E-state index in [0.29, 0.717) is 11.1 Å². The molecule has 0 N–H and O–H groups in total. The smallest absolute Gasteiger partial charge is 0.335 e. The third-order valence-corrected chi connectivity index (χ3v) is 7.45. The molecule has 254 valence electrons. The number of fused-ring (bicyclic) bond motifs is 1. The molecule has 47 heavy (non-hydrogen) atoms. The van der Waals surface area contributed by atoms with Crippen LogP contribution in [0.15, 0.2) is 78.9 Å². The summed E-state index contributed by atoms with van der Waals surface area (Å²) < 4.78 is 211. The summed E-state index contributed by atoms with van der Waals surface area (Å²) >= 11 is 0. The lowest BCUT2D eigenvalue weighted by atomic mass is 9.87. The van der Waals surface area contributed by atoms with Gasteiger partial charge in [-0.25, -0.2) is 0 Å². The largest absolute Gasteiger partial charge is 0.460 e. The van der Waals surface area contributed by atoms with Crippen LogP contribution in [-0.4, -0.2) is 52.1 Å². The molecule has 0 radical (unpaired) electrons. The molecule has 0 atom stereocenters. The Hall–Kier alpha value is -4.18. The first-order valence-electron chi connectivity index (χ1n) is 13.0. The molecule has 4 rings (SSSR count). The van der Waals surface area contributed by atoms with Crippen LogP contribution in [0, 0.1) is 6.92 Å². The van der Waals surface area contributed by atoms with E-state index in [2.05, 4.69) is 0 Å². The van der Waals surface area contributed by atoms with Gasteiger partial charge in [0.2, 0.25) is 5.78 Å². The number of carbonyl (C=O) groups is 1. The maximum Gasteiger partial charge on any atom is 0.460 e. The highest BCUT2D eigenvalue weighted by molar-refractivity contribution is 6.16. The molecule has 0 bridgehead atoms. The van der Waals surface area contributed by atoms with Gasteiger partial charge in [0.15, 0.2) is 0 Å². The first-order chi connectivity index (χ1) is 21.4. The van der Waals surface area contributed by atoms with E-state index in [0.717, 1.165) is 28.8 Å². The van der Waals surface area contributed by atoms with E-state index >= 15 is 8.78 Å². The van der Waals surface area contributed by atoms with Crippen molar-refractivity contribution in [2.75, 3.05) is 0 Å². The summed E-state index contributed by atoms with van der Waals surface area (Å²) in [6.45, 7) is 1.32. The van der Waals surface area contributed by atoms with Crippen LogP contribution in [0.5, 0.6) is 0 Å². The molecule has 0 amide bonds. The van der Waals surface area contributed by atoms with Crippen LogP contribution in [0.25, 0.3) is 22.2 Å². The van der Waals surface area contributed by atoms with Gasteiger partial charge in [-0.3, -0.25) is 4.79 Å². The zero-order chi connectivity index (χ0) is 35.6. The van der Waals surface area contributed by atoms with Crippen molar-refractivity contribution in [3.05, 3.63) is 95.6 Å². The first-order valence-corrected chi connectivity index (χ1v) is 13.0. The standard InChI is InChI=1S/C30H18F15NO/c1-16-9-5-6-12-18(16)15-46-20-14-8-7-13-19(20)21(22(46)17-10-3-2-4-11-17)23(47)24(31,32)25(33,34)26(35,36)27(37,38)28(39,40)29(41,42)30(43,44)45/h2-14H,15H2,1H3. The molecule has 17 heteroatoms. The summed E-state index contributed by atoms with van der Waals surface area (Å²) in [4.78, 5) is 13.3. The second kappa shape index (κ2) is 11.2. The summed E-state index contributed by atoms with van der Waals surface area (Å²) in [6, 6.07) is 17.1. The highest BCUT2D eigenvalue weighted by Gasteiger charge is 2.94. The van der Waals surface area contributed by atoms with Gasteiger partial charge in [-0.2, -0.15) is 65.9 Å². The number of para-hydroxylation sites is 1. The second-order valence-electron chi connectivity index (χ2n) is 10.4. The zero-order valence-corrected chi connectivity index (χ0v) is 23.2. The Bertz CT molecular complexity index is 1790. The lowest BCUT2D eigenvalue weighted by molar-refractivity contribution is -0.449. The highest BCUT2D eigenvalue weighted by Crippen LogP contribution is 2.62. The molecule has 0 saturated heterocycles. The van der Waals surface area contributed by atoms with E-state index in [-0.39, 0.29) is 17.6 Å². The number of carbonyl (C=O) groups excluding carboxylic acids is 1. The van der Waals surface area contributed by atoms with Gasteiger partial charge < -0.3 is 4.57 Å². The minimum Gasteiger partial charge on any atom is -0.335 e. The number of nitrogens with zero attached hydrogens (tertiary/aromatic N) is 1. The number of ketones is 1.